The van der Waals surface area contributed by atoms with Gasteiger partial charge in [-0.15, -0.1) is 11.3 Å². The zero-order chi connectivity index (χ0) is 28.6. The number of nitrogens with one attached hydrogen (secondary N) is 1. The molecule has 8 heteroatoms. The molecule has 0 fully saturated rings. The molecule has 210 valence electrons. The van der Waals surface area contributed by atoms with Crippen molar-refractivity contribution in [1.29, 1.82) is 0 Å². The number of fused-ring (bicyclic) bond motifs is 1. The van der Waals surface area contributed by atoms with Crippen LogP contribution in [0.2, 0.25) is 0 Å². The van der Waals surface area contributed by atoms with Gasteiger partial charge in [0.1, 0.15) is 11.6 Å². The van der Waals surface area contributed by atoms with Gasteiger partial charge in [0.2, 0.25) is 0 Å². The molecule has 7 nitrogen and oxygen atoms in total. The molecule has 1 aliphatic rings. The van der Waals surface area contributed by atoms with E-state index in [-0.39, 0.29) is 11.9 Å². The van der Waals surface area contributed by atoms with Gasteiger partial charge in [0.15, 0.2) is 11.5 Å². The van der Waals surface area contributed by atoms with Crippen LogP contribution in [-0.4, -0.2) is 31.8 Å². The standard InChI is InChI=1S/C33H32N2O5S/c1-3-39-33(37)24-16-13-22(14-17-24)21-40-27-18-15-23(19-28(27)38-2)20-34-32-30(26-11-7-8-12-29(26)41-32)31(36)35-25-9-5-4-6-10-25/h4-6,9-10,13-20H,3,7-8,11-12,21H2,1-2H3,(H,35,36). The second-order valence-corrected chi connectivity index (χ2v) is 10.7. The fraction of sp³-hybridized carbons (Fsp3) is 0.242. The number of aliphatic imine (C=N–C) groups is 1. The summed E-state index contributed by atoms with van der Waals surface area (Å²) in [7, 11) is 1.59. The molecule has 5 rings (SSSR count). The van der Waals surface area contributed by atoms with Gasteiger partial charge in [0.25, 0.3) is 5.91 Å². The Balaban J connectivity index is 1.31. The maximum absolute atomic E-state index is 13.4. The van der Waals surface area contributed by atoms with E-state index in [9.17, 15) is 9.59 Å². The van der Waals surface area contributed by atoms with E-state index in [1.807, 2.05) is 60.7 Å². The molecule has 0 saturated carbocycles. The number of nitrogens with zero attached hydrogens (tertiary/aromatic N) is 1. The van der Waals surface area contributed by atoms with Crippen molar-refractivity contribution in [3.63, 3.8) is 0 Å². The maximum Gasteiger partial charge on any atom is 0.338 e. The van der Waals surface area contributed by atoms with Gasteiger partial charge in [-0.05, 0) is 91.8 Å². The Kier molecular flexibility index (Phi) is 9.11. The minimum Gasteiger partial charge on any atom is -0.493 e. The maximum atomic E-state index is 13.4. The van der Waals surface area contributed by atoms with Crippen molar-refractivity contribution in [2.45, 2.75) is 39.2 Å². The van der Waals surface area contributed by atoms with Gasteiger partial charge in [0.05, 0.1) is 24.8 Å². The molecular weight excluding hydrogens is 536 g/mol. The smallest absolute Gasteiger partial charge is 0.338 e. The van der Waals surface area contributed by atoms with E-state index in [1.54, 1.807) is 43.7 Å². The van der Waals surface area contributed by atoms with Crippen LogP contribution in [0.4, 0.5) is 10.7 Å². The van der Waals surface area contributed by atoms with Crippen molar-refractivity contribution in [1.82, 2.24) is 0 Å². The molecule has 41 heavy (non-hydrogen) atoms. The van der Waals surface area contributed by atoms with Gasteiger partial charge < -0.3 is 19.5 Å². The SMILES string of the molecule is CCOC(=O)c1ccc(COc2ccc(C=Nc3sc4c(c3C(=O)Nc3ccccc3)CCCC4)cc2OC)cc1. The molecule has 4 aromatic rings. The minimum atomic E-state index is -0.342. The molecule has 1 N–H and O–H groups in total. The molecule has 0 unspecified atom stereocenters. The molecule has 0 saturated heterocycles. The largest absolute Gasteiger partial charge is 0.493 e. The van der Waals surface area contributed by atoms with Crippen molar-refractivity contribution in [3.05, 3.63) is 105 Å². The number of benzene rings is 3. The molecule has 0 spiro atoms. The van der Waals surface area contributed by atoms with Gasteiger partial charge in [0, 0.05) is 16.8 Å². The molecule has 1 amide bonds. The van der Waals surface area contributed by atoms with Crippen LogP contribution in [0.5, 0.6) is 11.5 Å². The third-order valence-electron chi connectivity index (χ3n) is 6.79. The Morgan fingerprint density at radius 3 is 2.51 bits per heavy atom. The van der Waals surface area contributed by atoms with Gasteiger partial charge in [-0.2, -0.15) is 0 Å². The predicted octanol–water partition coefficient (Wildman–Crippen LogP) is 7.39. The summed E-state index contributed by atoms with van der Waals surface area (Å²) in [6.07, 6.45) is 5.84. The molecule has 0 aliphatic heterocycles. The fourth-order valence-corrected chi connectivity index (χ4v) is 5.95. The summed E-state index contributed by atoms with van der Waals surface area (Å²) in [5.41, 5.74) is 4.80. The van der Waals surface area contributed by atoms with Gasteiger partial charge in [-0.25, -0.2) is 9.79 Å². The lowest BCUT2D eigenvalue weighted by Gasteiger charge is -2.13. The summed E-state index contributed by atoms with van der Waals surface area (Å²) in [5.74, 6) is 0.697. The van der Waals surface area contributed by atoms with Crippen molar-refractivity contribution < 1.29 is 23.8 Å². The van der Waals surface area contributed by atoms with E-state index in [0.717, 1.165) is 53.1 Å². The number of esters is 1. The first-order valence-corrected chi connectivity index (χ1v) is 14.5. The Morgan fingerprint density at radius 1 is 0.976 bits per heavy atom. The number of amides is 1. The summed E-state index contributed by atoms with van der Waals surface area (Å²) < 4.78 is 16.6. The summed E-state index contributed by atoms with van der Waals surface area (Å²) in [6, 6.07) is 22.2. The highest BCUT2D eigenvalue weighted by Crippen LogP contribution is 2.40. The van der Waals surface area contributed by atoms with Crippen LogP contribution in [0.3, 0.4) is 0 Å². The highest BCUT2D eigenvalue weighted by Gasteiger charge is 2.25. The number of ether oxygens (including phenoxy) is 3. The van der Waals surface area contributed by atoms with Crippen LogP contribution in [0.1, 0.15) is 62.0 Å². The number of carbonyl (C=O) groups excluding carboxylic acids is 2. The van der Waals surface area contributed by atoms with Gasteiger partial charge in [-0.1, -0.05) is 30.3 Å². The predicted molar refractivity (Wildman–Crippen MR) is 162 cm³/mol. The third-order valence-corrected chi connectivity index (χ3v) is 7.99. The van der Waals surface area contributed by atoms with Crippen LogP contribution in [-0.2, 0) is 24.2 Å². The minimum absolute atomic E-state index is 0.126. The molecule has 1 heterocycles. The molecule has 1 aromatic heterocycles. The average molecular weight is 569 g/mol. The van der Waals surface area contributed by atoms with E-state index in [1.165, 1.54) is 4.88 Å². The second kappa shape index (κ2) is 13.3. The second-order valence-electron chi connectivity index (χ2n) is 9.59. The van der Waals surface area contributed by atoms with E-state index in [0.29, 0.717) is 35.8 Å². The Labute approximate surface area is 243 Å². The van der Waals surface area contributed by atoms with E-state index in [2.05, 4.69) is 5.32 Å². The zero-order valence-corrected chi connectivity index (χ0v) is 24.0. The molecule has 1 aliphatic carbocycles. The number of thiophene rings is 1. The monoisotopic (exact) mass is 568 g/mol. The Bertz CT molecular complexity index is 1540. The quantitative estimate of drug-likeness (QED) is 0.159. The van der Waals surface area contributed by atoms with Crippen molar-refractivity contribution in [2.24, 2.45) is 4.99 Å². The zero-order valence-electron chi connectivity index (χ0n) is 23.1. The van der Waals surface area contributed by atoms with Crippen LogP contribution in [0, 0.1) is 0 Å². The molecule has 0 radical (unpaired) electrons. The summed E-state index contributed by atoms with van der Waals surface area (Å²) in [5, 5.41) is 3.75. The first-order chi connectivity index (χ1) is 20.1. The van der Waals surface area contributed by atoms with Crippen LogP contribution < -0.4 is 14.8 Å². The highest BCUT2D eigenvalue weighted by atomic mass is 32.1. The highest BCUT2D eigenvalue weighted by molar-refractivity contribution is 7.16. The first-order valence-electron chi connectivity index (χ1n) is 13.7. The normalized spacial score (nSPS) is 12.5. The number of para-hydroxylation sites is 1. The number of methoxy groups -OCH3 is 1. The van der Waals surface area contributed by atoms with E-state index in [4.69, 9.17) is 19.2 Å². The summed E-state index contributed by atoms with van der Waals surface area (Å²) in [6.45, 7) is 2.43. The van der Waals surface area contributed by atoms with Crippen LogP contribution in [0.25, 0.3) is 0 Å². The Morgan fingerprint density at radius 2 is 1.76 bits per heavy atom. The summed E-state index contributed by atoms with van der Waals surface area (Å²) in [4.78, 5) is 31.3. The van der Waals surface area contributed by atoms with E-state index >= 15 is 0 Å². The van der Waals surface area contributed by atoms with Gasteiger partial charge >= 0.3 is 5.97 Å². The van der Waals surface area contributed by atoms with Crippen LogP contribution in [0.15, 0.2) is 77.8 Å². The lowest BCUT2D eigenvalue weighted by atomic mass is 9.95. The lowest BCUT2D eigenvalue weighted by molar-refractivity contribution is 0.0526. The van der Waals surface area contributed by atoms with Crippen molar-refractivity contribution >= 4 is 40.1 Å². The fourth-order valence-electron chi connectivity index (χ4n) is 4.72. The lowest BCUT2D eigenvalue weighted by Crippen LogP contribution is -2.14. The molecular formula is C33H32N2O5S. The number of aryl methyl sites for hydroxylation is 1. The third kappa shape index (κ3) is 6.84. The number of hydrogen-bond donors (Lipinski definition) is 1. The number of hydrogen-bond acceptors (Lipinski definition) is 7. The topological polar surface area (TPSA) is 86.2 Å². The number of carbonyl (C=O) groups is 2. The summed E-state index contributed by atoms with van der Waals surface area (Å²) >= 11 is 1.60. The molecule has 0 bridgehead atoms. The van der Waals surface area contributed by atoms with Crippen LogP contribution >= 0.6 is 11.3 Å². The average Bonchev–Trinajstić information content (AvgIpc) is 3.38. The number of rotatable bonds is 10. The molecule has 3 aromatic carbocycles. The molecule has 0 atom stereocenters. The van der Waals surface area contributed by atoms with E-state index < -0.39 is 0 Å². The first kappa shape index (κ1) is 28.1. The van der Waals surface area contributed by atoms with Gasteiger partial charge in [-0.3, -0.25) is 4.79 Å². The number of anilines is 1. The Hall–Kier alpha value is -4.43. The van der Waals surface area contributed by atoms with Crippen molar-refractivity contribution in [3.8, 4) is 11.5 Å². The van der Waals surface area contributed by atoms with Crippen molar-refractivity contribution in [2.75, 3.05) is 19.0 Å².